The van der Waals surface area contributed by atoms with Gasteiger partial charge in [0.2, 0.25) is 0 Å². The normalized spacial score (nSPS) is 17.0. The van der Waals surface area contributed by atoms with Gasteiger partial charge in [-0.3, -0.25) is 4.98 Å². The molecule has 0 spiro atoms. The molecule has 172 valence electrons. The fourth-order valence-corrected chi connectivity index (χ4v) is 3.75. The molecule has 2 aromatic heterocycles. The molecule has 3 aromatic rings. The molecule has 4 heterocycles. The van der Waals surface area contributed by atoms with E-state index in [1.807, 2.05) is 24.3 Å². The van der Waals surface area contributed by atoms with Gasteiger partial charge in [0, 0.05) is 25.0 Å². The summed E-state index contributed by atoms with van der Waals surface area (Å²) in [5, 5.41) is 10.3. The van der Waals surface area contributed by atoms with Gasteiger partial charge in [-0.05, 0) is 36.8 Å². The highest BCUT2D eigenvalue weighted by Gasteiger charge is 2.29. The molecule has 0 bridgehead atoms. The standard InChI is InChI=1S/C23H27N7O3/c1-16-4-2-5-17(14-16)25-22-26-19-20(27-22)28-23(29-21(19)30-8-10-31-11-9-30)33-13-12-32-18-6-3-7-24-15-18/h2-7,14-15,22,25-26H,8-13H2,1H3,(H,27,28,29). The second-order valence-corrected chi connectivity index (χ2v) is 7.77. The fraction of sp³-hybridized carbons (Fsp3) is 0.348. The summed E-state index contributed by atoms with van der Waals surface area (Å²) in [5.41, 5.74) is 3.05. The van der Waals surface area contributed by atoms with E-state index in [4.69, 9.17) is 19.2 Å². The molecule has 2 aliphatic heterocycles. The maximum absolute atomic E-state index is 5.84. The average molecular weight is 450 g/mol. The first kappa shape index (κ1) is 21.1. The minimum atomic E-state index is -0.222. The molecule has 0 saturated carbocycles. The van der Waals surface area contributed by atoms with Crippen LogP contribution in [-0.4, -0.2) is 60.8 Å². The summed E-state index contributed by atoms with van der Waals surface area (Å²) in [6, 6.07) is 12.2. The van der Waals surface area contributed by atoms with E-state index in [0.29, 0.717) is 44.0 Å². The molecule has 5 rings (SSSR count). The van der Waals surface area contributed by atoms with E-state index in [0.717, 1.165) is 30.3 Å². The Morgan fingerprint density at radius 1 is 1.09 bits per heavy atom. The van der Waals surface area contributed by atoms with Crippen LogP contribution in [0.2, 0.25) is 0 Å². The van der Waals surface area contributed by atoms with E-state index >= 15 is 0 Å². The Bertz CT molecular complexity index is 1080. The molecule has 10 heteroatoms. The lowest BCUT2D eigenvalue weighted by Crippen LogP contribution is -2.37. The fourth-order valence-electron chi connectivity index (χ4n) is 3.75. The molecule has 1 saturated heterocycles. The van der Waals surface area contributed by atoms with Gasteiger partial charge < -0.3 is 35.1 Å². The van der Waals surface area contributed by atoms with Crippen molar-refractivity contribution in [2.75, 3.05) is 60.4 Å². The Morgan fingerprint density at radius 3 is 2.79 bits per heavy atom. The number of rotatable bonds is 8. The van der Waals surface area contributed by atoms with Crippen LogP contribution >= 0.6 is 0 Å². The minimum Gasteiger partial charge on any atom is -0.488 e. The van der Waals surface area contributed by atoms with Crippen molar-refractivity contribution >= 4 is 23.0 Å². The Kier molecular flexibility index (Phi) is 6.25. The Balaban J connectivity index is 1.29. The number of anilines is 4. The molecular formula is C23H27N7O3. The number of aryl methyl sites for hydroxylation is 1. The average Bonchev–Trinajstić information content (AvgIpc) is 3.25. The third-order valence-corrected chi connectivity index (χ3v) is 5.30. The minimum absolute atomic E-state index is 0.222. The summed E-state index contributed by atoms with van der Waals surface area (Å²) in [6.07, 6.45) is 3.15. The number of morpholine rings is 1. The van der Waals surface area contributed by atoms with E-state index in [-0.39, 0.29) is 6.29 Å². The third kappa shape index (κ3) is 5.17. The first-order valence-electron chi connectivity index (χ1n) is 11.0. The largest absolute Gasteiger partial charge is 0.488 e. The highest BCUT2D eigenvalue weighted by atomic mass is 16.5. The van der Waals surface area contributed by atoms with E-state index in [2.05, 4.69) is 49.9 Å². The van der Waals surface area contributed by atoms with Gasteiger partial charge >= 0.3 is 6.01 Å². The predicted octanol–water partition coefficient (Wildman–Crippen LogP) is 2.71. The number of ether oxygens (including phenoxy) is 3. The zero-order valence-electron chi connectivity index (χ0n) is 18.5. The maximum Gasteiger partial charge on any atom is 0.320 e. The second-order valence-electron chi connectivity index (χ2n) is 7.77. The zero-order chi connectivity index (χ0) is 22.5. The molecule has 0 aliphatic carbocycles. The van der Waals surface area contributed by atoms with Gasteiger partial charge in [0.1, 0.15) is 24.7 Å². The van der Waals surface area contributed by atoms with Crippen molar-refractivity contribution in [3.05, 3.63) is 54.4 Å². The molecule has 10 nitrogen and oxygen atoms in total. The van der Waals surface area contributed by atoms with Crippen molar-refractivity contribution in [3.8, 4) is 11.8 Å². The number of pyridine rings is 1. The monoisotopic (exact) mass is 449 g/mol. The number of hydrogen-bond acceptors (Lipinski definition) is 10. The Labute approximate surface area is 192 Å². The topological polar surface area (TPSA) is 106 Å². The van der Waals surface area contributed by atoms with E-state index < -0.39 is 0 Å². The molecular weight excluding hydrogens is 422 g/mol. The van der Waals surface area contributed by atoms with Crippen LogP contribution in [0.15, 0.2) is 48.8 Å². The van der Waals surface area contributed by atoms with Gasteiger partial charge in [-0.1, -0.05) is 12.1 Å². The number of nitrogens with one attached hydrogen (secondary N) is 3. The molecule has 1 unspecified atom stereocenters. The van der Waals surface area contributed by atoms with Crippen LogP contribution in [-0.2, 0) is 4.74 Å². The Hall–Kier alpha value is -3.79. The highest BCUT2D eigenvalue weighted by molar-refractivity contribution is 5.83. The van der Waals surface area contributed by atoms with Crippen molar-refractivity contribution < 1.29 is 14.2 Å². The van der Waals surface area contributed by atoms with Crippen molar-refractivity contribution in [2.24, 2.45) is 0 Å². The lowest BCUT2D eigenvalue weighted by molar-refractivity contribution is 0.122. The smallest absolute Gasteiger partial charge is 0.320 e. The van der Waals surface area contributed by atoms with E-state index in [1.54, 1.807) is 12.4 Å². The van der Waals surface area contributed by atoms with Crippen LogP contribution < -0.4 is 30.3 Å². The highest BCUT2D eigenvalue weighted by Crippen LogP contribution is 2.37. The Morgan fingerprint density at radius 2 is 1.97 bits per heavy atom. The van der Waals surface area contributed by atoms with E-state index in [1.165, 1.54) is 5.56 Å². The van der Waals surface area contributed by atoms with Crippen molar-refractivity contribution in [1.82, 2.24) is 15.0 Å². The molecule has 3 N–H and O–H groups in total. The zero-order valence-corrected chi connectivity index (χ0v) is 18.5. The summed E-state index contributed by atoms with van der Waals surface area (Å²) in [5.74, 6) is 2.19. The number of aromatic nitrogens is 3. The van der Waals surface area contributed by atoms with Crippen molar-refractivity contribution in [3.63, 3.8) is 0 Å². The molecule has 0 radical (unpaired) electrons. The molecule has 0 amide bonds. The molecule has 1 fully saturated rings. The molecule has 1 atom stereocenters. The van der Waals surface area contributed by atoms with Gasteiger partial charge in [-0.15, -0.1) is 0 Å². The number of fused-ring (bicyclic) bond motifs is 1. The van der Waals surface area contributed by atoms with Crippen LogP contribution in [0.25, 0.3) is 0 Å². The van der Waals surface area contributed by atoms with Crippen LogP contribution in [0.4, 0.5) is 23.0 Å². The number of benzene rings is 1. The second kappa shape index (κ2) is 9.78. The van der Waals surface area contributed by atoms with Crippen LogP contribution in [0.5, 0.6) is 11.8 Å². The van der Waals surface area contributed by atoms with Crippen LogP contribution in [0.1, 0.15) is 5.56 Å². The first-order valence-corrected chi connectivity index (χ1v) is 11.0. The summed E-state index contributed by atoms with van der Waals surface area (Å²) in [6.45, 7) is 5.57. The SMILES string of the molecule is Cc1cccc(NC2Nc3nc(OCCOc4cccnc4)nc(N4CCOCC4)c3N2)c1. The van der Waals surface area contributed by atoms with Crippen LogP contribution in [0.3, 0.4) is 0 Å². The number of nitrogens with zero attached hydrogens (tertiary/aromatic N) is 4. The first-order chi connectivity index (χ1) is 16.2. The van der Waals surface area contributed by atoms with Gasteiger partial charge in [0.15, 0.2) is 17.9 Å². The number of hydrogen-bond donors (Lipinski definition) is 3. The van der Waals surface area contributed by atoms with Crippen molar-refractivity contribution in [1.29, 1.82) is 0 Å². The third-order valence-electron chi connectivity index (χ3n) is 5.30. The maximum atomic E-state index is 5.84. The van der Waals surface area contributed by atoms with Gasteiger partial charge in [-0.2, -0.15) is 9.97 Å². The summed E-state index contributed by atoms with van der Waals surface area (Å²) in [7, 11) is 0. The lowest BCUT2D eigenvalue weighted by Gasteiger charge is -2.29. The van der Waals surface area contributed by atoms with Crippen LogP contribution in [0, 0.1) is 6.92 Å². The quantitative estimate of drug-likeness (QED) is 0.445. The summed E-state index contributed by atoms with van der Waals surface area (Å²) < 4.78 is 17.0. The van der Waals surface area contributed by atoms with E-state index in [9.17, 15) is 0 Å². The molecule has 1 aromatic carbocycles. The summed E-state index contributed by atoms with van der Waals surface area (Å²) in [4.78, 5) is 15.5. The lowest BCUT2D eigenvalue weighted by atomic mass is 10.2. The van der Waals surface area contributed by atoms with Crippen molar-refractivity contribution in [2.45, 2.75) is 13.2 Å². The van der Waals surface area contributed by atoms with Gasteiger partial charge in [0.05, 0.1) is 19.4 Å². The summed E-state index contributed by atoms with van der Waals surface area (Å²) >= 11 is 0. The van der Waals surface area contributed by atoms with Gasteiger partial charge in [-0.25, -0.2) is 0 Å². The molecule has 33 heavy (non-hydrogen) atoms. The van der Waals surface area contributed by atoms with Gasteiger partial charge in [0.25, 0.3) is 0 Å². The predicted molar refractivity (Wildman–Crippen MR) is 126 cm³/mol. The molecule has 2 aliphatic rings.